The van der Waals surface area contributed by atoms with Crippen molar-refractivity contribution in [1.29, 1.82) is 0 Å². The van der Waals surface area contributed by atoms with Crippen LogP contribution in [0.5, 0.6) is 0 Å². The smallest absolute Gasteiger partial charge is 0.257 e. The van der Waals surface area contributed by atoms with Gasteiger partial charge in [-0.05, 0) is 34.9 Å². The lowest BCUT2D eigenvalue weighted by Gasteiger charge is -2.42. The number of likely N-dealkylation sites (N-methyl/N-ethyl adjacent to an activating group) is 1. The number of aliphatic hydroxyl groups excluding tert-OH is 1. The third kappa shape index (κ3) is 7.34. The minimum absolute atomic E-state index is 0.000280. The van der Waals surface area contributed by atoms with Crippen molar-refractivity contribution in [3.63, 3.8) is 0 Å². The topological polar surface area (TPSA) is 71.0 Å². The molecule has 0 spiro atoms. The van der Waals surface area contributed by atoms with E-state index in [1.165, 1.54) is 0 Å². The van der Waals surface area contributed by atoms with Crippen molar-refractivity contribution in [3.05, 3.63) is 142 Å². The first-order chi connectivity index (χ1) is 23.0. The van der Waals surface area contributed by atoms with Gasteiger partial charge >= 0.3 is 0 Å². The molecule has 11 heteroatoms. The number of amides is 1. The van der Waals surface area contributed by atoms with Crippen molar-refractivity contribution in [2.24, 2.45) is 5.92 Å². The Labute approximate surface area is 275 Å². The highest BCUT2D eigenvalue weighted by molar-refractivity contribution is 5.95. The van der Waals surface area contributed by atoms with E-state index in [1.807, 2.05) is 61.7 Å². The van der Waals surface area contributed by atoms with Crippen LogP contribution in [0.3, 0.4) is 0 Å². The Kier molecular flexibility index (Phi) is 11.1. The van der Waals surface area contributed by atoms with E-state index in [0.29, 0.717) is 24.2 Å². The van der Waals surface area contributed by atoms with Crippen LogP contribution in [0.2, 0.25) is 0 Å². The fraction of sp³-hybridized carbons (Fsp3) is 0.270. The first-order valence-corrected chi connectivity index (χ1v) is 15.3. The highest BCUT2D eigenvalue weighted by Gasteiger charge is 2.38. The number of hydrogen-bond donors (Lipinski definition) is 2. The predicted molar refractivity (Wildman–Crippen MR) is 170 cm³/mol. The van der Waals surface area contributed by atoms with Gasteiger partial charge in [-0.3, -0.25) is 4.79 Å². The highest BCUT2D eigenvalue weighted by atomic mass is 19.2. The number of carbonyl (C=O) groups excluding carboxylic acids is 1. The third-order valence-corrected chi connectivity index (χ3v) is 8.44. The summed E-state index contributed by atoms with van der Waals surface area (Å²) < 4.78 is 82.2. The summed E-state index contributed by atoms with van der Waals surface area (Å²) in [5.74, 6) is -12.6. The van der Waals surface area contributed by atoms with E-state index < -0.39 is 46.8 Å². The zero-order valence-electron chi connectivity index (χ0n) is 26.4. The van der Waals surface area contributed by atoms with E-state index in [0.717, 1.165) is 22.3 Å². The molecule has 0 aliphatic carbocycles. The van der Waals surface area contributed by atoms with Crippen LogP contribution >= 0.6 is 0 Å². The summed E-state index contributed by atoms with van der Waals surface area (Å²) in [4.78, 5) is 14.7. The molecule has 4 aromatic carbocycles. The average molecular weight is 667 g/mol. The summed E-state index contributed by atoms with van der Waals surface area (Å²) in [7, 11) is 1.99. The van der Waals surface area contributed by atoms with Gasteiger partial charge in [-0.25, -0.2) is 22.0 Å². The first-order valence-electron chi connectivity index (χ1n) is 15.3. The molecule has 1 aliphatic rings. The fourth-order valence-electron chi connectivity index (χ4n) is 5.77. The van der Waals surface area contributed by atoms with E-state index in [4.69, 9.17) is 9.47 Å². The largest absolute Gasteiger partial charge is 0.392 e. The number of aliphatic hydroxyl groups is 1. The molecule has 0 saturated carbocycles. The molecule has 2 N–H and O–H groups in total. The number of halogens is 5. The molecule has 0 bridgehead atoms. The van der Waals surface area contributed by atoms with E-state index in [-0.39, 0.29) is 31.3 Å². The Morgan fingerprint density at radius 1 is 0.875 bits per heavy atom. The number of nitrogens with zero attached hydrogens (tertiary/aromatic N) is 1. The van der Waals surface area contributed by atoms with Crippen molar-refractivity contribution in [1.82, 2.24) is 10.2 Å². The predicted octanol–water partition coefficient (Wildman–Crippen LogP) is 7.38. The van der Waals surface area contributed by atoms with Gasteiger partial charge in [0.1, 0.15) is 5.56 Å². The van der Waals surface area contributed by atoms with Crippen molar-refractivity contribution in [2.45, 2.75) is 38.6 Å². The Hall–Kier alpha value is -4.42. The van der Waals surface area contributed by atoms with Crippen LogP contribution in [0, 0.1) is 35.0 Å². The molecule has 1 amide bonds. The fourth-order valence-corrected chi connectivity index (χ4v) is 5.77. The van der Waals surface area contributed by atoms with Crippen LogP contribution in [0.25, 0.3) is 11.1 Å². The molecule has 48 heavy (non-hydrogen) atoms. The van der Waals surface area contributed by atoms with Gasteiger partial charge in [-0.2, -0.15) is 0 Å². The van der Waals surface area contributed by atoms with Gasteiger partial charge in [0.15, 0.2) is 29.6 Å². The summed E-state index contributed by atoms with van der Waals surface area (Å²) in [5.41, 5.74) is 2.92. The highest BCUT2D eigenvalue weighted by Crippen LogP contribution is 2.42. The van der Waals surface area contributed by atoms with E-state index in [9.17, 15) is 31.9 Å². The van der Waals surface area contributed by atoms with E-state index >= 15 is 0 Å². The molecule has 5 rings (SSSR count). The monoisotopic (exact) mass is 666 g/mol. The second-order valence-corrected chi connectivity index (χ2v) is 11.7. The minimum atomic E-state index is -2.34. The maximum atomic E-state index is 14.2. The van der Waals surface area contributed by atoms with Crippen LogP contribution in [-0.2, 0) is 22.6 Å². The molecule has 252 valence electrons. The SMILES string of the molecule is C=CCN(C)CC1OC(c2ccc(-c3ccccc3CNC(=O)c3c(F)c(F)c(F)c(F)c3F)cc2)OC(c2ccc(CO)cc2)C1C. The molecule has 4 atom stereocenters. The lowest BCUT2D eigenvalue weighted by molar-refractivity contribution is -0.275. The number of nitrogens with one attached hydrogen (secondary N) is 1. The lowest BCUT2D eigenvalue weighted by atomic mass is 9.90. The standard InChI is InChI=1S/C37H35F5N2O4/c1-4-17-44(3)19-28-21(2)35(24-11-9-22(20-45)10-12-24)48-37(47-28)25-15-13-23(14-16-25)27-8-6-5-7-26(27)18-43-36(46)29-30(38)32(40)34(42)33(41)31(29)39/h4-16,21,28,35,37,45H,1,17-20H2,2-3H3,(H,43,46). The average Bonchev–Trinajstić information content (AvgIpc) is 3.10. The Morgan fingerprint density at radius 3 is 2.10 bits per heavy atom. The van der Waals surface area contributed by atoms with E-state index in [2.05, 4.69) is 23.7 Å². The maximum absolute atomic E-state index is 14.2. The van der Waals surface area contributed by atoms with Crippen LogP contribution < -0.4 is 5.32 Å². The number of benzene rings is 4. The minimum Gasteiger partial charge on any atom is -0.392 e. The Balaban J connectivity index is 1.37. The summed E-state index contributed by atoms with van der Waals surface area (Å²) in [6.45, 7) is 6.92. The van der Waals surface area contributed by atoms with Crippen molar-refractivity contribution >= 4 is 5.91 Å². The van der Waals surface area contributed by atoms with Crippen LogP contribution in [0.4, 0.5) is 22.0 Å². The number of hydrogen-bond acceptors (Lipinski definition) is 5. The molecule has 1 heterocycles. The molecule has 4 unspecified atom stereocenters. The third-order valence-electron chi connectivity index (χ3n) is 8.44. The molecule has 1 saturated heterocycles. The molecule has 0 aromatic heterocycles. The van der Waals surface area contributed by atoms with Crippen LogP contribution in [0.15, 0.2) is 85.5 Å². The molecular weight excluding hydrogens is 631 g/mol. The molecule has 0 radical (unpaired) electrons. The Morgan fingerprint density at radius 2 is 1.48 bits per heavy atom. The zero-order valence-corrected chi connectivity index (χ0v) is 26.4. The summed E-state index contributed by atoms with van der Waals surface area (Å²) in [6, 6.07) is 21.9. The van der Waals surface area contributed by atoms with Crippen molar-refractivity contribution < 1.29 is 41.3 Å². The molecular formula is C37H35F5N2O4. The van der Waals surface area contributed by atoms with Gasteiger partial charge in [0.2, 0.25) is 5.82 Å². The number of rotatable bonds is 11. The lowest BCUT2D eigenvalue weighted by Crippen LogP contribution is -2.43. The normalized spacial score (nSPS) is 19.4. The van der Waals surface area contributed by atoms with Gasteiger partial charge in [0.05, 0.1) is 18.8 Å². The van der Waals surface area contributed by atoms with Crippen molar-refractivity contribution in [3.8, 4) is 11.1 Å². The Bertz CT molecular complexity index is 1740. The molecule has 1 fully saturated rings. The zero-order chi connectivity index (χ0) is 34.5. The molecule has 6 nitrogen and oxygen atoms in total. The molecule has 4 aromatic rings. The van der Waals surface area contributed by atoms with Gasteiger partial charge in [0, 0.05) is 31.1 Å². The summed E-state index contributed by atoms with van der Waals surface area (Å²) >= 11 is 0. The number of carbonyl (C=O) groups is 1. The van der Waals surface area contributed by atoms with Gasteiger partial charge in [-0.1, -0.05) is 85.8 Å². The molecule has 1 aliphatic heterocycles. The quantitative estimate of drug-likeness (QED) is 0.0757. The van der Waals surface area contributed by atoms with Gasteiger partial charge in [-0.15, -0.1) is 6.58 Å². The van der Waals surface area contributed by atoms with Crippen molar-refractivity contribution in [2.75, 3.05) is 20.1 Å². The number of ether oxygens (including phenoxy) is 2. The van der Waals surface area contributed by atoms with E-state index in [1.54, 1.807) is 24.3 Å². The second-order valence-electron chi connectivity index (χ2n) is 11.7. The summed E-state index contributed by atoms with van der Waals surface area (Å²) in [6.07, 6.45) is 0.655. The summed E-state index contributed by atoms with van der Waals surface area (Å²) in [5, 5.41) is 11.8. The maximum Gasteiger partial charge on any atom is 0.257 e. The van der Waals surface area contributed by atoms with Gasteiger partial charge < -0.3 is 24.8 Å². The first kappa shape index (κ1) is 34.9. The second kappa shape index (κ2) is 15.2. The van der Waals surface area contributed by atoms with Crippen LogP contribution in [0.1, 0.15) is 51.9 Å². The van der Waals surface area contributed by atoms with Crippen LogP contribution in [-0.4, -0.2) is 42.2 Å². The van der Waals surface area contributed by atoms with Gasteiger partial charge in [0.25, 0.3) is 5.91 Å².